The number of nitrogens with zero attached hydrogens (tertiary/aromatic N) is 1. The number of alkyl halides is 3. The first-order valence-corrected chi connectivity index (χ1v) is 10.9. The zero-order valence-electron chi connectivity index (χ0n) is 18.6. The van der Waals surface area contributed by atoms with E-state index < -0.39 is 18.7 Å². The van der Waals surface area contributed by atoms with Crippen LogP contribution in [0.2, 0.25) is 0 Å². The van der Waals surface area contributed by atoms with Gasteiger partial charge in [-0.3, -0.25) is 4.79 Å². The summed E-state index contributed by atoms with van der Waals surface area (Å²) < 4.78 is 49.5. The van der Waals surface area contributed by atoms with Gasteiger partial charge in [0.05, 0.1) is 11.1 Å². The zero-order chi connectivity index (χ0) is 24.6. The van der Waals surface area contributed by atoms with E-state index in [-0.39, 0.29) is 24.7 Å². The number of aromatic nitrogens is 1. The molecular formula is C24H28F3N3O4. The number of amides is 1. The predicted molar refractivity (Wildman–Crippen MR) is 122 cm³/mol. The number of aliphatic hydroxyl groups excluding tert-OH is 1. The van der Waals surface area contributed by atoms with Gasteiger partial charge in [-0.2, -0.15) is 13.2 Å². The lowest BCUT2D eigenvalue weighted by Gasteiger charge is -2.14. The van der Waals surface area contributed by atoms with Crippen LogP contribution in [-0.2, 0) is 13.0 Å². The van der Waals surface area contributed by atoms with Gasteiger partial charge in [-0.15, -0.1) is 0 Å². The van der Waals surface area contributed by atoms with E-state index in [1.807, 2.05) is 22.9 Å². The number of nitrogens with two attached hydrogens (primary N) is 1. The van der Waals surface area contributed by atoms with E-state index in [1.54, 1.807) is 24.3 Å². The molecule has 3 aromatic rings. The molecule has 34 heavy (non-hydrogen) atoms. The molecule has 0 aliphatic rings. The van der Waals surface area contributed by atoms with Crippen LogP contribution in [0.4, 0.5) is 13.2 Å². The number of primary amides is 1. The second kappa shape index (κ2) is 11.8. The fraction of sp³-hybridized carbons (Fsp3) is 0.375. The molecule has 10 heteroatoms. The number of carbonyl (C=O) groups is 1. The highest BCUT2D eigenvalue weighted by Crippen LogP contribution is 2.28. The number of hydrogen-bond donors (Lipinski definition) is 3. The van der Waals surface area contributed by atoms with Crippen LogP contribution >= 0.6 is 0 Å². The smallest absolute Gasteiger partial charge is 0.422 e. The van der Waals surface area contributed by atoms with Crippen molar-refractivity contribution in [1.82, 2.24) is 9.88 Å². The minimum Gasteiger partial charge on any atom is -0.488 e. The summed E-state index contributed by atoms with van der Waals surface area (Å²) in [6.07, 6.45) is -1.32. The largest absolute Gasteiger partial charge is 0.488 e. The Morgan fingerprint density at radius 3 is 2.50 bits per heavy atom. The second-order valence-corrected chi connectivity index (χ2v) is 7.73. The molecule has 0 spiro atoms. The number of aliphatic hydroxyl groups is 1. The molecule has 1 amide bonds. The Hall–Kier alpha value is -3.24. The third kappa shape index (κ3) is 7.13. The highest BCUT2D eigenvalue weighted by atomic mass is 19.4. The summed E-state index contributed by atoms with van der Waals surface area (Å²) in [7, 11) is 0. The minimum absolute atomic E-state index is 0.0398. The van der Waals surface area contributed by atoms with Gasteiger partial charge in [0.15, 0.2) is 18.1 Å². The van der Waals surface area contributed by atoms with Crippen LogP contribution in [0.3, 0.4) is 0 Å². The molecule has 1 aromatic heterocycles. The third-order valence-electron chi connectivity index (χ3n) is 5.11. The zero-order valence-corrected chi connectivity index (χ0v) is 18.6. The number of ether oxygens (including phenoxy) is 2. The molecule has 1 heterocycles. The second-order valence-electron chi connectivity index (χ2n) is 7.73. The fourth-order valence-corrected chi connectivity index (χ4v) is 3.61. The number of carbonyl (C=O) groups excluding carboxylic acids is 1. The summed E-state index contributed by atoms with van der Waals surface area (Å²) in [6.45, 7) is 0.580. The number of aryl methyl sites for hydroxylation is 1. The van der Waals surface area contributed by atoms with Crippen molar-refractivity contribution in [3.8, 4) is 11.5 Å². The van der Waals surface area contributed by atoms with E-state index in [0.717, 1.165) is 16.5 Å². The van der Waals surface area contributed by atoms with Crippen LogP contribution in [0, 0.1) is 0 Å². The van der Waals surface area contributed by atoms with Gasteiger partial charge in [0.25, 0.3) is 5.91 Å². The first-order valence-electron chi connectivity index (χ1n) is 10.9. The molecule has 0 unspecified atom stereocenters. The first kappa shape index (κ1) is 25.4. The summed E-state index contributed by atoms with van der Waals surface area (Å²) in [6, 6.07) is 11.9. The average molecular weight is 479 g/mol. The van der Waals surface area contributed by atoms with Gasteiger partial charge in [-0.05, 0) is 55.3 Å². The molecule has 3 rings (SSSR count). The van der Waals surface area contributed by atoms with E-state index in [1.165, 1.54) is 6.07 Å². The van der Waals surface area contributed by atoms with Crippen molar-refractivity contribution in [3.05, 3.63) is 59.8 Å². The predicted octanol–water partition coefficient (Wildman–Crippen LogP) is 3.27. The molecule has 0 radical (unpaired) electrons. The van der Waals surface area contributed by atoms with Crippen molar-refractivity contribution in [3.63, 3.8) is 0 Å². The number of rotatable bonds is 13. The van der Waals surface area contributed by atoms with Crippen LogP contribution in [-0.4, -0.2) is 54.7 Å². The first-order chi connectivity index (χ1) is 16.3. The van der Waals surface area contributed by atoms with E-state index >= 15 is 0 Å². The Morgan fingerprint density at radius 2 is 1.82 bits per heavy atom. The van der Waals surface area contributed by atoms with Crippen molar-refractivity contribution in [2.75, 3.05) is 32.9 Å². The Morgan fingerprint density at radius 1 is 1.09 bits per heavy atom. The van der Waals surface area contributed by atoms with Crippen LogP contribution in [0.25, 0.3) is 10.9 Å². The molecule has 7 nitrogen and oxygen atoms in total. The van der Waals surface area contributed by atoms with Gasteiger partial charge in [0.2, 0.25) is 0 Å². The lowest BCUT2D eigenvalue weighted by atomic mass is 10.0. The molecule has 0 atom stereocenters. The maximum Gasteiger partial charge on any atom is 0.422 e. The topological polar surface area (TPSA) is 98.7 Å². The van der Waals surface area contributed by atoms with E-state index in [9.17, 15) is 18.0 Å². The summed E-state index contributed by atoms with van der Waals surface area (Å²) in [5.41, 5.74) is 7.75. The minimum atomic E-state index is -4.42. The number of para-hydroxylation sites is 2. The lowest BCUT2D eigenvalue weighted by molar-refractivity contribution is -0.153. The number of nitrogens with one attached hydrogen (secondary N) is 1. The number of benzene rings is 2. The molecule has 0 aliphatic carbocycles. The van der Waals surface area contributed by atoms with E-state index in [4.69, 9.17) is 20.3 Å². The van der Waals surface area contributed by atoms with Crippen molar-refractivity contribution in [2.24, 2.45) is 5.73 Å². The number of hydrogen-bond acceptors (Lipinski definition) is 5. The summed E-state index contributed by atoms with van der Waals surface area (Å²) in [4.78, 5) is 12.0. The van der Waals surface area contributed by atoms with Crippen molar-refractivity contribution in [2.45, 2.75) is 25.6 Å². The lowest BCUT2D eigenvalue weighted by Crippen LogP contribution is -2.24. The van der Waals surface area contributed by atoms with Crippen LogP contribution in [0.15, 0.2) is 48.7 Å². The molecule has 0 bridgehead atoms. The molecule has 0 fully saturated rings. The van der Waals surface area contributed by atoms with Crippen molar-refractivity contribution < 1.29 is 32.5 Å². The van der Waals surface area contributed by atoms with Gasteiger partial charge >= 0.3 is 6.18 Å². The van der Waals surface area contributed by atoms with Gasteiger partial charge in [0, 0.05) is 31.3 Å². The summed E-state index contributed by atoms with van der Waals surface area (Å²) in [5, 5.41) is 13.2. The molecular weight excluding hydrogens is 451 g/mol. The highest BCUT2D eigenvalue weighted by molar-refractivity contribution is 6.05. The van der Waals surface area contributed by atoms with Crippen molar-refractivity contribution >= 4 is 16.8 Å². The van der Waals surface area contributed by atoms with Crippen LogP contribution < -0.4 is 20.5 Å². The quantitative estimate of drug-likeness (QED) is 0.327. The van der Waals surface area contributed by atoms with Gasteiger partial charge in [-0.25, -0.2) is 0 Å². The Balaban J connectivity index is 1.51. The molecule has 0 saturated carbocycles. The number of fused-ring (bicyclic) bond motifs is 1. The molecule has 4 N–H and O–H groups in total. The maximum atomic E-state index is 12.4. The molecule has 0 saturated heterocycles. The fourth-order valence-electron chi connectivity index (χ4n) is 3.61. The van der Waals surface area contributed by atoms with Crippen LogP contribution in [0.1, 0.15) is 22.3 Å². The molecule has 0 aliphatic heterocycles. The molecule has 2 aromatic carbocycles. The molecule has 184 valence electrons. The van der Waals surface area contributed by atoms with Gasteiger partial charge < -0.3 is 30.2 Å². The number of halogens is 3. The Labute approximate surface area is 195 Å². The SMILES string of the molecule is NC(=O)c1cc(CCNCCOc2ccccc2OCC(F)(F)F)cc2ccn(CCCO)c12. The van der Waals surface area contributed by atoms with E-state index in [0.29, 0.717) is 38.0 Å². The average Bonchev–Trinajstić information content (AvgIpc) is 3.20. The Bertz CT molecular complexity index is 1100. The van der Waals surface area contributed by atoms with Gasteiger partial charge in [0.1, 0.15) is 6.61 Å². The maximum absolute atomic E-state index is 12.4. The van der Waals surface area contributed by atoms with Gasteiger partial charge in [-0.1, -0.05) is 12.1 Å². The highest BCUT2D eigenvalue weighted by Gasteiger charge is 2.29. The summed E-state index contributed by atoms with van der Waals surface area (Å²) in [5.74, 6) is -0.225. The Kier molecular flexibility index (Phi) is 8.78. The van der Waals surface area contributed by atoms with Crippen molar-refractivity contribution in [1.29, 1.82) is 0 Å². The van der Waals surface area contributed by atoms with Crippen LogP contribution in [0.5, 0.6) is 11.5 Å². The van der Waals surface area contributed by atoms with E-state index in [2.05, 4.69) is 5.32 Å². The standard InChI is InChI=1S/C24H28F3N3O4/c25-24(26,27)16-34-21-5-2-1-4-20(21)33-13-9-29-8-6-17-14-18-7-11-30(10-3-12-31)22(18)19(15-17)23(28)32/h1-2,4-5,7,11,14-15,29,31H,3,6,8-10,12-13,16H2,(H2,28,32). The third-order valence-corrected chi connectivity index (χ3v) is 5.11. The monoisotopic (exact) mass is 479 g/mol. The normalized spacial score (nSPS) is 11.6. The summed E-state index contributed by atoms with van der Waals surface area (Å²) >= 11 is 0.